The van der Waals surface area contributed by atoms with Gasteiger partial charge in [0, 0.05) is 83.7 Å². The van der Waals surface area contributed by atoms with Gasteiger partial charge in [0.2, 0.25) is 29.5 Å². The Labute approximate surface area is 891 Å². The predicted molar refractivity (Wildman–Crippen MR) is 597 cm³/mol. The first-order valence-corrected chi connectivity index (χ1v) is 59.5. The van der Waals surface area contributed by atoms with E-state index in [1.54, 1.807) is 14.2 Å². The molecule has 818 valence electrons. The van der Waals surface area contributed by atoms with Crippen molar-refractivity contribution in [2.45, 2.75) is 487 Å². The number of nitrogens with zero attached hydrogens (tertiary/aromatic N) is 5. The molecule has 15 rings (SSSR count). The third-order valence-electron chi connectivity index (χ3n) is 33.8. The Morgan fingerprint density at radius 2 is 0.561 bits per heavy atom. The predicted octanol–water partition coefficient (Wildman–Crippen LogP) is 26.3. The second kappa shape index (κ2) is 64.3. The maximum atomic E-state index is 14.2. The summed E-state index contributed by atoms with van der Waals surface area (Å²) in [4.78, 5) is 146. The SMILES string of the molecule is CCCCNC(=O)C(C1CCCCC1)N(C(=O)c1ccccc1)C(C)(C)C.CCCCNC(=O)C(C1CCCCC1)N(C(=O)c1ccccc1)C(C)C.CCCCNC(=O)C(C1CCCCC1)N(C(=O)c1ccccc1)C1CCCCC1.COc1ccc(C(=O)N(C2CCCCC2)C(C(=O)NC2CCCCC2)C2CCCCC2)cc1.COc1ccccc1C(=O)N(C1CCCCC1)C(C(=O)NC1CCCCC1)C1CCCCC1. The van der Waals surface area contributed by atoms with E-state index in [0.29, 0.717) is 53.2 Å². The summed E-state index contributed by atoms with van der Waals surface area (Å²) in [5.41, 5.74) is 2.82. The van der Waals surface area contributed by atoms with Gasteiger partial charge in [-0.1, -0.05) is 299 Å². The van der Waals surface area contributed by atoms with Crippen molar-refractivity contribution in [2.75, 3.05) is 33.9 Å². The van der Waals surface area contributed by atoms with Gasteiger partial charge in [0.1, 0.15) is 41.7 Å². The van der Waals surface area contributed by atoms with E-state index in [4.69, 9.17) is 9.47 Å². The molecule has 10 aliphatic carbocycles. The maximum Gasteiger partial charge on any atom is 0.258 e. The van der Waals surface area contributed by atoms with Gasteiger partial charge in [0.05, 0.1) is 19.8 Å². The number of unbranched alkanes of at least 4 members (excludes halogenated alkanes) is 3. The van der Waals surface area contributed by atoms with Crippen LogP contribution in [-0.4, -0.2) is 189 Å². The molecule has 148 heavy (non-hydrogen) atoms. The second-order valence-corrected chi connectivity index (χ2v) is 46.0. The first-order valence-electron chi connectivity index (χ1n) is 59.5. The summed E-state index contributed by atoms with van der Waals surface area (Å²) in [5, 5.41) is 16.2. The van der Waals surface area contributed by atoms with Crippen LogP contribution in [0, 0.1) is 29.6 Å². The zero-order valence-electron chi connectivity index (χ0n) is 92.9. The molecule has 0 aromatic heterocycles. The Morgan fingerprint density at radius 1 is 0.291 bits per heavy atom. The molecule has 22 nitrogen and oxygen atoms in total. The van der Waals surface area contributed by atoms with Crippen LogP contribution in [0.4, 0.5) is 0 Å². The summed E-state index contributed by atoms with van der Waals surface area (Å²) in [7, 11) is 3.26. The molecule has 22 heteroatoms. The van der Waals surface area contributed by atoms with Crippen LogP contribution in [0.25, 0.3) is 0 Å². The van der Waals surface area contributed by atoms with E-state index in [-0.39, 0.29) is 149 Å². The van der Waals surface area contributed by atoms with Crippen molar-refractivity contribution in [2.24, 2.45) is 29.6 Å². The quantitative estimate of drug-likeness (QED) is 0.0232. The fraction of sp³-hybridized carbons (Fsp3) is 0.683. The minimum atomic E-state index is -0.433. The fourth-order valence-corrected chi connectivity index (χ4v) is 25.8. The largest absolute Gasteiger partial charge is 0.497 e. The van der Waals surface area contributed by atoms with Crippen LogP contribution in [0.1, 0.15) is 467 Å². The molecule has 10 saturated carbocycles. The number of benzene rings is 5. The molecule has 5 aromatic carbocycles. The summed E-state index contributed by atoms with van der Waals surface area (Å²) in [6.45, 7) is 18.5. The lowest BCUT2D eigenvalue weighted by Crippen LogP contribution is -2.60. The zero-order chi connectivity index (χ0) is 105. The van der Waals surface area contributed by atoms with Gasteiger partial charge >= 0.3 is 0 Å². The molecule has 10 amide bonds. The van der Waals surface area contributed by atoms with Gasteiger partial charge in [0.15, 0.2) is 0 Å². The number of para-hydroxylation sites is 1. The van der Waals surface area contributed by atoms with Crippen LogP contribution in [-0.2, 0) is 24.0 Å². The first-order chi connectivity index (χ1) is 72.0. The van der Waals surface area contributed by atoms with E-state index >= 15 is 0 Å². The monoisotopic (exact) mass is 2040 g/mol. The minimum absolute atomic E-state index is 0.00885. The first kappa shape index (κ1) is 119. The van der Waals surface area contributed by atoms with Gasteiger partial charge in [-0.05, 0) is 285 Å². The molecule has 5 aromatic rings. The van der Waals surface area contributed by atoms with E-state index in [9.17, 15) is 47.9 Å². The van der Waals surface area contributed by atoms with E-state index in [0.717, 1.165) is 263 Å². The number of amides is 10. The van der Waals surface area contributed by atoms with E-state index in [2.05, 4.69) is 47.4 Å². The van der Waals surface area contributed by atoms with Crippen molar-refractivity contribution in [1.82, 2.24) is 51.1 Å². The smallest absolute Gasteiger partial charge is 0.258 e. The highest BCUT2D eigenvalue weighted by Crippen LogP contribution is 2.42. The number of hydrogen-bond donors (Lipinski definition) is 5. The van der Waals surface area contributed by atoms with Crippen LogP contribution in [0.15, 0.2) is 140 Å². The third-order valence-corrected chi connectivity index (χ3v) is 33.8. The topological polar surface area (TPSA) is 266 Å². The van der Waals surface area contributed by atoms with Crippen LogP contribution in [0.5, 0.6) is 11.5 Å². The molecule has 10 aliphatic rings. The fourth-order valence-electron chi connectivity index (χ4n) is 25.8. The van der Waals surface area contributed by atoms with Gasteiger partial charge in [-0.25, -0.2) is 0 Å². The van der Waals surface area contributed by atoms with Crippen molar-refractivity contribution in [3.8, 4) is 11.5 Å². The van der Waals surface area contributed by atoms with Crippen molar-refractivity contribution < 1.29 is 57.4 Å². The third kappa shape index (κ3) is 35.8. The van der Waals surface area contributed by atoms with E-state index in [1.165, 1.54) is 103 Å². The van der Waals surface area contributed by atoms with Crippen molar-refractivity contribution >= 4 is 59.1 Å². The summed E-state index contributed by atoms with van der Waals surface area (Å²) < 4.78 is 10.9. The second-order valence-electron chi connectivity index (χ2n) is 46.0. The molecule has 0 saturated heterocycles. The molecule has 0 spiro atoms. The number of hydrogen-bond acceptors (Lipinski definition) is 12. The Hall–Kier alpha value is -9.60. The number of nitrogens with one attached hydrogen (secondary N) is 5. The lowest BCUT2D eigenvalue weighted by Gasteiger charge is -2.45. The van der Waals surface area contributed by atoms with Crippen molar-refractivity contribution in [1.29, 1.82) is 0 Å². The average Bonchev–Trinajstić information content (AvgIpc) is 0.789. The zero-order valence-corrected chi connectivity index (χ0v) is 92.9. The average molecular weight is 2040 g/mol. The molecule has 0 aliphatic heterocycles. The highest BCUT2D eigenvalue weighted by molar-refractivity contribution is 6.02. The van der Waals surface area contributed by atoms with Gasteiger partial charge < -0.3 is 60.6 Å². The number of carbonyl (C=O) groups excluding carboxylic acids is 10. The molecular formula is C126H192N10O12. The number of carbonyl (C=O) groups is 10. The number of rotatable bonds is 37. The van der Waals surface area contributed by atoms with Crippen molar-refractivity contribution in [3.63, 3.8) is 0 Å². The molecule has 0 heterocycles. The highest BCUT2D eigenvalue weighted by Gasteiger charge is 2.49. The van der Waals surface area contributed by atoms with Crippen LogP contribution < -0.4 is 36.1 Å². The Bertz CT molecular complexity index is 4700. The molecule has 10 fully saturated rings. The number of ether oxygens (including phenoxy) is 2. The standard InChI is InChI=1S/2C28H42N2O3.C25H38N2O2.C23H36N2O2.C22H34N2O2/c1-33-25-20-12-11-19-24(25)28(32)30(23-17-9-4-10-18-23)26(21-13-5-2-6-14-21)27(31)29-22-15-7-3-8-16-22;1-33-25-19-17-22(18-20-25)28(32)30(24-15-9-4-10-16-24)26(21-11-5-2-6-12-21)27(31)29-23-13-7-3-8-14-23;1-2-3-19-26-24(28)23(20-13-7-4-8-14-20)27(22-17-11-6-12-18-22)25(29)21-15-9-5-10-16-21;1-5-6-17-24-21(26)20(18-13-9-7-10-14-18)25(23(2,3)4)22(27)19-15-11-8-12-16-19;1-4-5-16-23-21(25)20(18-12-8-6-9-13-18)24(17(2)3)22(26)19-14-10-7-11-15-19/h11-12,19-23,26H,2-10,13-18H2,1H3,(H,29,31);17-21,23-24,26H,2-16H2,1H3,(H,29,31);5,9-10,15-16,20,22-23H,2-4,6-8,11-14,17-19H2,1H3,(H,26,28);8,11-12,15-16,18,20H,5-7,9-10,13-14,17H2,1-4H3,(H,24,26);7,10-11,14-15,17-18,20H,4-6,8-9,12-13,16H2,1-3H3,(H,23,25). The maximum absolute atomic E-state index is 14.2. The molecule has 0 bridgehead atoms. The minimum Gasteiger partial charge on any atom is -0.497 e. The summed E-state index contributed by atoms with van der Waals surface area (Å²) in [5.74, 6) is 2.80. The van der Waals surface area contributed by atoms with Gasteiger partial charge in [0.25, 0.3) is 29.5 Å². The summed E-state index contributed by atoms with van der Waals surface area (Å²) >= 11 is 0. The van der Waals surface area contributed by atoms with Crippen LogP contribution in [0.2, 0.25) is 0 Å². The van der Waals surface area contributed by atoms with E-state index < -0.39 is 11.6 Å². The number of methoxy groups -OCH3 is 2. The van der Waals surface area contributed by atoms with Crippen LogP contribution in [0.3, 0.4) is 0 Å². The van der Waals surface area contributed by atoms with E-state index in [1.807, 2.05) is 199 Å². The van der Waals surface area contributed by atoms with Crippen LogP contribution >= 0.6 is 0 Å². The molecular weight excluding hydrogens is 1850 g/mol. The highest BCUT2D eigenvalue weighted by atomic mass is 16.5. The molecule has 0 radical (unpaired) electrons. The van der Waals surface area contributed by atoms with Gasteiger partial charge in [-0.2, -0.15) is 0 Å². The lowest BCUT2D eigenvalue weighted by atomic mass is 9.80. The van der Waals surface area contributed by atoms with Gasteiger partial charge in [-0.15, -0.1) is 0 Å². The molecule has 5 unspecified atom stereocenters. The summed E-state index contributed by atoms with van der Waals surface area (Å²) in [6, 6.07) is 42.3. The molecule has 5 N–H and O–H groups in total. The Balaban J connectivity index is 0.000000176. The van der Waals surface area contributed by atoms with Gasteiger partial charge in [-0.3, -0.25) is 47.9 Å². The molecule has 5 atom stereocenters. The van der Waals surface area contributed by atoms with Crippen molar-refractivity contribution in [3.05, 3.63) is 167 Å². The Morgan fingerprint density at radius 3 is 0.885 bits per heavy atom. The Kier molecular flexibility index (Phi) is 51.5. The lowest BCUT2D eigenvalue weighted by molar-refractivity contribution is -0.130. The normalized spacial score (nSPS) is 19.5. The summed E-state index contributed by atoms with van der Waals surface area (Å²) in [6.07, 6.45) is 62.2.